The van der Waals surface area contributed by atoms with Crippen LogP contribution in [-0.4, -0.2) is 199 Å². The number of hydrogen-bond donors (Lipinski definition) is 1. The Bertz CT molecular complexity index is 3030. The van der Waals surface area contributed by atoms with Gasteiger partial charge in [0.05, 0.1) is 22.3 Å². The number of ether oxygens (including phenoxy) is 13. The fraction of sp³-hybridized carbons (Fsp3) is 0.609. The molecule has 0 bridgehead atoms. The van der Waals surface area contributed by atoms with Crippen LogP contribution in [0.1, 0.15) is 181 Å². The Kier molecular flexibility index (Phi) is 26.0. The van der Waals surface area contributed by atoms with Crippen molar-refractivity contribution < 1.29 is 124 Å². The molecule has 0 spiro atoms. The number of fused-ring (bicyclic) bond motifs is 2. The summed E-state index contributed by atoms with van der Waals surface area (Å²) in [5.41, 5.74) is -0.674. The highest BCUT2D eigenvalue weighted by Gasteiger charge is 2.63. The van der Waals surface area contributed by atoms with Gasteiger partial charge in [-0.25, -0.2) is 0 Å². The molecule has 5 heterocycles. The largest absolute Gasteiger partial charge is 0.463 e. The standard InChI is InChI=1S/C64H81N3O26/c1-10-11-12-13-14-15-16-17-18-19-20-29-48(76)65-49-55(85-37(6)72)52(45(30-81-33(2)68)89-62(49)88-40(9)75)92-63-51(67-60(79)43-27-23-24-28-44(43)61(67)80)57(87-39(8)74)54(47(91-63)32-83-35(4)70)93-64-50(66-58(77)41-25-21-22-26-42(41)59(66)78)56(86-38(7)73)53(84-36(5)71)46(90-64)31-82-34(3)69/h21-28,45-47,49-57,62-64H,10-20,29-32H2,1-9H3,(H,65,76)/t45-,46-,47-,49-,50-,51-,52-,53-,54-,55-,56-,57-,62-,63+,64+/m1/s1. The van der Waals surface area contributed by atoms with Gasteiger partial charge in [0.2, 0.25) is 12.2 Å². The summed E-state index contributed by atoms with van der Waals surface area (Å²) >= 11 is 0. The molecule has 29 heteroatoms. The maximum Gasteiger partial charge on any atom is 0.305 e. The third kappa shape index (κ3) is 18.5. The molecule has 5 aliphatic heterocycles. The number of carbonyl (C=O) groups excluding carboxylic acids is 13. The van der Waals surface area contributed by atoms with Gasteiger partial charge in [0.1, 0.15) is 68.5 Å². The van der Waals surface area contributed by atoms with Crippen LogP contribution in [0, 0.1) is 0 Å². The van der Waals surface area contributed by atoms with Crippen molar-refractivity contribution in [1.29, 1.82) is 0 Å². The molecule has 0 unspecified atom stereocenters. The normalized spacial score (nSPS) is 27.3. The van der Waals surface area contributed by atoms with Gasteiger partial charge in [-0.05, 0) is 30.7 Å². The molecule has 0 aromatic heterocycles. The Morgan fingerprint density at radius 2 is 0.699 bits per heavy atom. The van der Waals surface area contributed by atoms with E-state index in [0.717, 1.165) is 93.9 Å². The summed E-state index contributed by atoms with van der Waals surface area (Å²) in [7, 11) is 0. The molecule has 3 fully saturated rings. The molecule has 5 aliphatic rings. The molecular weight excluding hydrogens is 1230 g/mol. The Hall–Kier alpha value is -8.25. The van der Waals surface area contributed by atoms with E-state index in [0.29, 0.717) is 22.6 Å². The van der Waals surface area contributed by atoms with Crippen LogP contribution in [-0.2, 0) is 105 Å². The topological polar surface area (TPSA) is 360 Å². The summed E-state index contributed by atoms with van der Waals surface area (Å²) in [4.78, 5) is 179. The van der Waals surface area contributed by atoms with Crippen LogP contribution in [0.5, 0.6) is 0 Å². The first-order valence-electron chi connectivity index (χ1n) is 31.1. The highest BCUT2D eigenvalue weighted by molar-refractivity contribution is 6.22. The van der Waals surface area contributed by atoms with Gasteiger partial charge in [-0.2, -0.15) is 0 Å². The van der Waals surface area contributed by atoms with E-state index in [1.807, 2.05) is 0 Å². The minimum atomic E-state index is -2.24. The Balaban J connectivity index is 1.37. The summed E-state index contributed by atoms with van der Waals surface area (Å²) in [6, 6.07) is 5.24. The number of carbonyl (C=O) groups is 13. The molecule has 29 nitrogen and oxygen atoms in total. The van der Waals surface area contributed by atoms with Crippen molar-refractivity contribution in [2.45, 2.75) is 231 Å². The number of hydrogen-bond acceptors (Lipinski definition) is 26. The summed E-state index contributed by atoms with van der Waals surface area (Å²) < 4.78 is 78.8. The van der Waals surface area contributed by atoms with Crippen molar-refractivity contribution in [1.82, 2.24) is 15.1 Å². The first-order chi connectivity index (χ1) is 44.3. The maximum absolute atomic E-state index is 15.1. The van der Waals surface area contributed by atoms with Crippen molar-refractivity contribution in [2.75, 3.05) is 19.8 Å². The molecule has 3 saturated heterocycles. The molecular formula is C64H81N3O26. The van der Waals surface area contributed by atoms with Crippen LogP contribution in [0.2, 0.25) is 0 Å². The van der Waals surface area contributed by atoms with Gasteiger partial charge in [-0.1, -0.05) is 95.4 Å². The number of nitrogens with zero attached hydrogens (tertiary/aromatic N) is 2. The van der Waals surface area contributed by atoms with Gasteiger partial charge in [0.15, 0.2) is 37.0 Å². The van der Waals surface area contributed by atoms with E-state index in [1.165, 1.54) is 67.8 Å². The Morgan fingerprint density at radius 3 is 1.06 bits per heavy atom. The predicted octanol–water partition coefficient (Wildman–Crippen LogP) is 4.43. The third-order valence-corrected chi connectivity index (χ3v) is 15.9. The monoisotopic (exact) mass is 1310 g/mol. The molecule has 2 aromatic carbocycles. The van der Waals surface area contributed by atoms with E-state index in [-0.39, 0.29) is 28.7 Å². The number of benzene rings is 2. The van der Waals surface area contributed by atoms with Crippen LogP contribution in [0.4, 0.5) is 0 Å². The fourth-order valence-corrected chi connectivity index (χ4v) is 12.0. The van der Waals surface area contributed by atoms with E-state index < -0.39 is 189 Å². The maximum atomic E-state index is 15.1. The van der Waals surface area contributed by atoms with Crippen molar-refractivity contribution in [2.24, 2.45) is 0 Å². The molecule has 0 aliphatic carbocycles. The van der Waals surface area contributed by atoms with E-state index in [1.54, 1.807) is 0 Å². The van der Waals surface area contributed by atoms with Crippen molar-refractivity contribution in [3.63, 3.8) is 0 Å². The quantitative estimate of drug-likeness (QED) is 0.0489. The lowest BCUT2D eigenvalue weighted by Gasteiger charge is -2.52. The first kappa shape index (κ1) is 72.2. The predicted molar refractivity (Wildman–Crippen MR) is 314 cm³/mol. The number of nitrogens with one attached hydrogen (secondary N) is 1. The van der Waals surface area contributed by atoms with Gasteiger partial charge >= 0.3 is 47.8 Å². The van der Waals surface area contributed by atoms with Crippen LogP contribution < -0.4 is 5.32 Å². The number of imide groups is 2. The highest BCUT2D eigenvalue weighted by Crippen LogP contribution is 2.42. The van der Waals surface area contributed by atoms with Crippen LogP contribution in [0.25, 0.3) is 0 Å². The smallest absolute Gasteiger partial charge is 0.305 e. The zero-order chi connectivity index (χ0) is 67.8. The van der Waals surface area contributed by atoms with E-state index in [2.05, 4.69) is 12.2 Å². The summed E-state index contributed by atoms with van der Waals surface area (Å²) in [6.45, 7) is 7.66. The average molecular weight is 1310 g/mol. The van der Waals surface area contributed by atoms with Crippen molar-refractivity contribution in [3.05, 3.63) is 70.8 Å². The number of unbranched alkanes of at least 4 members (excludes halogenated alkanes) is 10. The molecule has 93 heavy (non-hydrogen) atoms. The molecule has 15 atom stereocenters. The van der Waals surface area contributed by atoms with Gasteiger partial charge < -0.3 is 66.9 Å². The van der Waals surface area contributed by atoms with Gasteiger partial charge in [-0.3, -0.25) is 72.1 Å². The molecule has 7 rings (SSSR count). The average Bonchev–Trinajstić information content (AvgIpc) is 1.43. The fourth-order valence-electron chi connectivity index (χ4n) is 12.0. The van der Waals surface area contributed by atoms with Crippen molar-refractivity contribution in [3.8, 4) is 0 Å². The second-order valence-corrected chi connectivity index (χ2v) is 23.1. The number of rotatable bonds is 30. The second-order valence-electron chi connectivity index (χ2n) is 23.1. The third-order valence-electron chi connectivity index (χ3n) is 15.9. The Labute approximate surface area is 536 Å². The molecule has 2 aromatic rings. The zero-order valence-corrected chi connectivity index (χ0v) is 53.4. The molecule has 508 valence electrons. The van der Waals surface area contributed by atoms with Crippen LogP contribution >= 0.6 is 0 Å². The van der Waals surface area contributed by atoms with Gasteiger partial charge in [0, 0.05) is 61.8 Å². The summed E-state index contributed by atoms with van der Waals surface area (Å²) in [5.74, 6) is -12.7. The lowest BCUT2D eigenvalue weighted by atomic mass is 9.92. The minimum Gasteiger partial charge on any atom is -0.463 e. The minimum absolute atomic E-state index is 0.0680. The van der Waals surface area contributed by atoms with Gasteiger partial charge in [0.25, 0.3) is 23.6 Å². The van der Waals surface area contributed by atoms with Gasteiger partial charge in [-0.15, -0.1) is 0 Å². The molecule has 1 N–H and O–H groups in total. The lowest BCUT2D eigenvalue weighted by Crippen LogP contribution is -2.72. The van der Waals surface area contributed by atoms with Crippen LogP contribution in [0.3, 0.4) is 0 Å². The molecule has 0 saturated carbocycles. The SMILES string of the molecule is CCCCCCCCCCCCCC(=O)N[C@H]1[C@H](OC(C)=O)O[C@H](COC(C)=O)[C@@H](O[C@@H]2O[C@H](COC(C)=O)[C@@H](O[C@@H]3O[C@H](COC(C)=O)[C@@H](OC(C)=O)[C@H](OC(C)=O)[C@H]3N3C(=O)c4ccccc4C3=O)[C@H](OC(C)=O)[C@H]2N2C(=O)c3ccccc3C2=O)[C@@H]1OC(C)=O. The van der Waals surface area contributed by atoms with E-state index in [4.69, 9.17) is 61.6 Å². The Morgan fingerprint density at radius 1 is 0.387 bits per heavy atom. The number of esters is 8. The molecule has 5 amide bonds. The van der Waals surface area contributed by atoms with Crippen LogP contribution in [0.15, 0.2) is 48.5 Å². The zero-order valence-electron chi connectivity index (χ0n) is 53.4. The molecule has 0 radical (unpaired) electrons. The summed E-state index contributed by atoms with van der Waals surface area (Å²) in [5, 5.41) is 2.76. The number of amides is 5. The van der Waals surface area contributed by atoms with E-state index >= 15 is 9.59 Å². The summed E-state index contributed by atoms with van der Waals surface area (Å²) in [6.07, 6.45) is -12.6. The second kappa shape index (κ2) is 33.5. The lowest BCUT2D eigenvalue weighted by molar-refractivity contribution is -0.359. The first-order valence-corrected chi connectivity index (χ1v) is 31.1. The van der Waals surface area contributed by atoms with Crippen molar-refractivity contribution >= 4 is 77.3 Å². The highest BCUT2D eigenvalue weighted by atomic mass is 16.8. The van der Waals surface area contributed by atoms with E-state index in [9.17, 15) is 52.7 Å².